The molecule has 0 saturated carbocycles. The van der Waals surface area contributed by atoms with Crippen molar-refractivity contribution in [3.63, 3.8) is 0 Å². The van der Waals surface area contributed by atoms with Crippen LogP contribution >= 0.6 is 0 Å². The molecule has 1 aromatic heterocycles. The van der Waals surface area contributed by atoms with Crippen LogP contribution < -0.4 is 5.32 Å². The Hall–Kier alpha value is -3.62. The predicted molar refractivity (Wildman–Crippen MR) is 86.6 cm³/mol. The summed E-state index contributed by atoms with van der Waals surface area (Å²) in [6, 6.07) is 8.91. The van der Waals surface area contributed by atoms with Gasteiger partial charge in [-0.2, -0.15) is 5.10 Å². The lowest BCUT2D eigenvalue weighted by Gasteiger charge is -2.08. The van der Waals surface area contributed by atoms with Crippen molar-refractivity contribution in [2.45, 2.75) is 0 Å². The number of hydrogen-bond donors (Lipinski definition) is 1. The van der Waals surface area contributed by atoms with Gasteiger partial charge < -0.3 is 10.1 Å². The molecule has 0 radical (unpaired) electrons. The van der Waals surface area contributed by atoms with Crippen LogP contribution in [0.1, 0.15) is 10.4 Å². The van der Waals surface area contributed by atoms with E-state index in [1.807, 2.05) is 0 Å². The van der Waals surface area contributed by atoms with Crippen molar-refractivity contribution >= 4 is 17.6 Å². The normalized spacial score (nSPS) is 10.4. The van der Waals surface area contributed by atoms with Gasteiger partial charge in [0.15, 0.2) is 6.61 Å². The van der Waals surface area contributed by atoms with Crippen molar-refractivity contribution in [1.82, 2.24) is 14.8 Å². The summed E-state index contributed by atoms with van der Waals surface area (Å²) >= 11 is 0. The van der Waals surface area contributed by atoms with Gasteiger partial charge in [0.1, 0.15) is 24.3 Å². The lowest BCUT2D eigenvalue weighted by atomic mass is 10.2. The molecule has 132 valence electrons. The lowest BCUT2D eigenvalue weighted by molar-refractivity contribution is -0.119. The summed E-state index contributed by atoms with van der Waals surface area (Å²) in [6.07, 6.45) is 2.88. The average Bonchev–Trinajstić information content (AvgIpc) is 3.17. The minimum atomic E-state index is -0.797. The second kappa shape index (κ2) is 7.51. The summed E-state index contributed by atoms with van der Waals surface area (Å²) in [6.45, 7) is -0.639. The zero-order valence-electron chi connectivity index (χ0n) is 13.2. The summed E-state index contributed by atoms with van der Waals surface area (Å²) in [7, 11) is 0. The highest BCUT2D eigenvalue weighted by Gasteiger charge is 2.13. The van der Waals surface area contributed by atoms with E-state index in [2.05, 4.69) is 15.4 Å². The highest BCUT2D eigenvalue weighted by Crippen LogP contribution is 2.15. The minimum Gasteiger partial charge on any atom is -0.452 e. The van der Waals surface area contributed by atoms with Crippen LogP contribution in [0.15, 0.2) is 55.1 Å². The van der Waals surface area contributed by atoms with Gasteiger partial charge in [-0.3, -0.25) is 4.79 Å². The fourth-order valence-corrected chi connectivity index (χ4v) is 2.09. The highest BCUT2D eigenvalue weighted by atomic mass is 19.1. The molecule has 9 heteroatoms. The molecule has 0 aliphatic carbocycles. The molecule has 3 aromatic rings. The third-order valence-corrected chi connectivity index (χ3v) is 3.32. The summed E-state index contributed by atoms with van der Waals surface area (Å²) < 4.78 is 32.9. The number of carbonyl (C=O) groups excluding carboxylic acids is 2. The van der Waals surface area contributed by atoms with E-state index in [-0.39, 0.29) is 11.3 Å². The van der Waals surface area contributed by atoms with Gasteiger partial charge >= 0.3 is 5.97 Å². The Labute approximate surface area is 146 Å². The fourth-order valence-electron chi connectivity index (χ4n) is 2.09. The van der Waals surface area contributed by atoms with E-state index in [1.54, 1.807) is 12.1 Å². The standard InChI is InChI=1S/C17H12F2N4O3/c18-12-3-6-14(19)15(7-12)22-16(24)8-26-17(25)11-1-4-13(5-2-11)23-10-20-9-21-23/h1-7,9-10H,8H2,(H,22,24). The summed E-state index contributed by atoms with van der Waals surface area (Å²) in [5.41, 5.74) is 0.584. The monoisotopic (exact) mass is 358 g/mol. The number of aromatic nitrogens is 3. The van der Waals surface area contributed by atoms with E-state index in [0.717, 1.165) is 18.2 Å². The molecule has 1 N–H and O–H groups in total. The quantitative estimate of drug-likeness (QED) is 0.708. The number of amides is 1. The van der Waals surface area contributed by atoms with Crippen molar-refractivity contribution in [3.05, 3.63) is 72.3 Å². The van der Waals surface area contributed by atoms with Gasteiger partial charge in [0, 0.05) is 6.07 Å². The van der Waals surface area contributed by atoms with Crippen LogP contribution in [0.2, 0.25) is 0 Å². The number of anilines is 1. The fraction of sp³-hybridized carbons (Fsp3) is 0.0588. The molecule has 0 spiro atoms. The maximum atomic E-state index is 13.4. The van der Waals surface area contributed by atoms with Crippen molar-refractivity contribution in [3.8, 4) is 5.69 Å². The number of halogens is 2. The third kappa shape index (κ3) is 4.07. The molecule has 2 aromatic carbocycles. The Morgan fingerprint density at radius 2 is 1.88 bits per heavy atom. The van der Waals surface area contributed by atoms with Gasteiger partial charge in [0.25, 0.3) is 5.91 Å². The molecule has 0 bridgehead atoms. The maximum absolute atomic E-state index is 13.4. The Balaban J connectivity index is 1.56. The second-order valence-corrected chi connectivity index (χ2v) is 5.14. The highest BCUT2D eigenvalue weighted by molar-refractivity contribution is 5.95. The van der Waals surface area contributed by atoms with Gasteiger partial charge in [-0.05, 0) is 36.4 Å². The molecule has 3 rings (SSSR count). The van der Waals surface area contributed by atoms with E-state index in [4.69, 9.17) is 4.74 Å². The summed E-state index contributed by atoms with van der Waals surface area (Å²) in [4.78, 5) is 27.5. The van der Waals surface area contributed by atoms with E-state index in [9.17, 15) is 18.4 Å². The van der Waals surface area contributed by atoms with Crippen molar-refractivity contribution in [2.24, 2.45) is 0 Å². The molecular formula is C17H12F2N4O3. The van der Waals surface area contributed by atoms with E-state index in [0.29, 0.717) is 5.69 Å². The van der Waals surface area contributed by atoms with Gasteiger partial charge in [-0.25, -0.2) is 23.2 Å². The van der Waals surface area contributed by atoms with Crippen LogP contribution in [-0.2, 0) is 9.53 Å². The van der Waals surface area contributed by atoms with Crippen LogP contribution in [0.4, 0.5) is 14.5 Å². The number of nitrogens with one attached hydrogen (secondary N) is 1. The number of nitrogens with zero attached hydrogens (tertiary/aromatic N) is 3. The first-order chi connectivity index (χ1) is 12.5. The van der Waals surface area contributed by atoms with Crippen molar-refractivity contribution in [1.29, 1.82) is 0 Å². The molecule has 0 atom stereocenters. The first kappa shape index (κ1) is 17.2. The first-order valence-corrected chi connectivity index (χ1v) is 7.40. The Morgan fingerprint density at radius 1 is 1.12 bits per heavy atom. The minimum absolute atomic E-state index is 0.221. The number of esters is 1. The van der Waals surface area contributed by atoms with Gasteiger partial charge in [0.05, 0.1) is 16.9 Å². The van der Waals surface area contributed by atoms with Crippen molar-refractivity contribution < 1.29 is 23.1 Å². The second-order valence-electron chi connectivity index (χ2n) is 5.14. The van der Waals surface area contributed by atoms with Crippen LogP contribution in [0.25, 0.3) is 5.69 Å². The van der Waals surface area contributed by atoms with Gasteiger partial charge in [0.2, 0.25) is 0 Å². The van der Waals surface area contributed by atoms with Crippen LogP contribution in [0.5, 0.6) is 0 Å². The molecule has 0 unspecified atom stereocenters. The predicted octanol–water partition coefficient (Wildman–Crippen LogP) is 2.34. The van der Waals surface area contributed by atoms with Crippen LogP contribution in [-0.4, -0.2) is 33.2 Å². The summed E-state index contributed by atoms with van der Waals surface area (Å²) in [5, 5.41) is 6.09. The molecule has 0 aliphatic rings. The molecule has 0 fully saturated rings. The Bertz CT molecular complexity index is 928. The number of ether oxygens (including phenoxy) is 1. The lowest BCUT2D eigenvalue weighted by Crippen LogP contribution is -2.21. The molecular weight excluding hydrogens is 346 g/mol. The molecule has 1 heterocycles. The number of rotatable bonds is 5. The average molecular weight is 358 g/mol. The van der Waals surface area contributed by atoms with E-state index >= 15 is 0 Å². The zero-order chi connectivity index (χ0) is 18.5. The SMILES string of the molecule is O=C(COC(=O)c1ccc(-n2cncn2)cc1)Nc1cc(F)ccc1F. The molecule has 7 nitrogen and oxygen atoms in total. The molecule has 26 heavy (non-hydrogen) atoms. The number of benzene rings is 2. The van der Waals surface area contributed by atoms with E-state index < -0.39 is 30.1 Å². The van der Waals surface area contributed by atoms with Crippen LogP contribution in [0.3, 0.4) is 0 Å². The van der Waals surface area contributed by atoms with Gasteiger partial charge in [-0.15, -0.1) is 0 Å². The number of hydrogen-bond acceptors (Lipinski definition) is 5. The Morgan fingerprint density at radius 3 is 2.58 bits per heavy atom. The number of carbonyl (C=O) groups is 2. The molecule has 1 amide bonds. The maximum Gasteiger partial charge on any atom is 0.338 e. The first-order valence-electron chi connectivity index (χ1n) is 7.40. The largest absolute Gasteiger partial charge is 0.452 e. The molecule has 0 saturated heterocycles. The smallest absolute Gasteiger partial charge is 0.338 e. The Kier molecular flexibility index (Phi) is 4.97. The third-order valence-electron chi connectivity index (χ3n) is 3.32. The van der Waals surface area contributed by atoms with E-state index in [1.165, 1.54) is 29.5 Å². The molecule has 0 aliphatic heterocycles. The topological polar surface area (TPSA) is 86.1 Å². The summed E-state index contributed by atoms with van der Waals surface area (Å²) in [5.74, 6) is -3.02. The zero-order valence-corrected chi connectivity index (χ0v) is 13.2. The van der Waals surface area contributed by atoms with Gasteiger partial charge in [-0.1, -0.05) is 0 Å². The van der Waals surface area contributed by atoms with Crippen molar-refractivity contribution in [2.75, 3.05) is 11.9 Å². The van der Waals surface area contributed by atoms with Crippen LogP contribution in [0, 0.1) is 11.6 Å².